The summed E-state index contributed by atoms with van der Waals surface area (Å²) in [5.41, 5.74) is 0.911. The van der Waals surface area contributed by atoms with Gasteiger partial charge in [0.25, 0.3) is 0 Å². The third kappa shape index (κ3) is 3.34. The van der Waals surface area contributed by atoms with Crippen molar-refractivity contribution in [3.63, 3.8) is 0 Å². The van der Waals surface area contributed by atoms with Crippen LogP contribution in [-0.4, -0.2) is 16.2 Å². The van der Waals surface area contributed by atoms with Gasteiger partial charge in [0.05, 0.1) is 13.1 Å². The van der Waals surface area contributed by atoms with Gasteiger partial charge in [-0.1, -0.05) is 6.92 Å². The molecular formula is C10H9I3O3. The highest BCUT2D eigenvalue weighted by Gasteiger charge is 2.18. The van der Waals surface area contributed by atoms with E-state index in [1.54, 1.807) is 6.92 Å². The number of carboxylic acids is 1. The third-order valence-corrected chi connectivity index (χ3v) is 5.12. The Kier molecular flexibility index (Phi) is 5.55. The van der Waals surface area contributed by atoms with Crippen LogP contribution in [0.5, 0.6) is 5.75 Å². The van der Waals surface area contributed by atoms with Gasteiger partial charge in [-0.15, -0.1) is 0 Å². The molecular weight excluding hydrogens is 549 g/mol. The Morgan fingerprint density at radius 1 is 1.38 bits per heavy atom. The van der Waals surface area contributed by atoms with E-state index in [0.29, 0.717) is 6.42 Å². The Hall–Kier alpha value is 0.680. The van der Waals surface area contributed by atoms with Crippen molar-refractivity contribution >= 4 is 73.7 Å². The molecule has 0 amide bonds. The number of phenols is 1. The van der Waals surface area contributed by atoms with Crippen LogP contribution in [0.2, 0.25) is 0 Å². The highest BCUT2D eigenvalue weighted by Crippen LogP contribution is 2.33. The lowest BCUT2D eigenvalue weighted by Crippen LogP contribution is -2.14. The van der Waals surface area contributed by atoms with Gasteiger partial charge in [-0.2, -0.15) is 0 Å². The maximum atomic E-state index is 10.8. The van der Waals surface area contributed by atoms with Gasteiger partial charge in [0.15, 0.2) is 0 Å². The van der Waals surface area contributed by atoms with E-state index in [9.17, 15) is 9.90 Å². The van der Waals surface area contributed by atoms with Crippen LogP contribution in [0.3, 0.4) is 0 Å². The molecule has 0 bridgehead atoms. The Balaban J connectivity index is 3.14. The average molecular weight is 558 g/mol. The standard InChI is InChI=1S/C10H9I3O3/c1-4(10(15)16)2-5-6(11)3-7(12)9(14)8(5)13/h3-4,14H,2H2,1H3,(H,15,16). The molecule has 3 nitrogen and oxygen atoms in total. The van der Waals surface area contributed by atoms with E-state index in [1.807, 2.05) is 6.07 Å². The van der Waals surface area contributed by atoms with E-state index < -0.39 is 11.9 Å². The number of rotatable bonds is 3. The lowest BCUT2D eigenvalue weighted by atomic mass is 10.0. The second-order valence-corrected chi connectivity index (χ2v) is 6.83. The number of phenolic OH excluding ortho intramolecular Hbond substituents is 1. The van der Waals surface area contributed by atoms with Gasteiger partial charge in [0, 0.05) is 3.57 Å². The average Bonchev–Trinajstić information content (AvgIpc) is 2.20. The van der Waals surface area contributed by atoms with Crippen LogP contribution in [0.25, 0.3) is 0 Å². The molecule has 16 heavy (non-hydrogen) atoms. The van der Waals surface area contributed by atoms with Crippen LogP contribution in [0, 0.1) is 16.6 Å². The minimum absolute atomic E-state index is 0.245. The summed E-state index contributed by atoms with van der Waals surface area (Å²) < 4.78 is 2.54. The summed E-state index contributed by atoms with van der Waals surface area (Å²) in [5, 5.41) is 18.7. The van der Waals surface area contributed by atoms with Crippen LogP contribution < -0.4 is 0 Å². The Labute approximate surface area is 134 Å². The van der Waals surface area contributed by atoms with Crippen molar-refractivity contribution in [3.05, 3.63) is 22.3 Å². The summed E-state index contributed by atoms with van der Waals surface area (Å²) in [6.07, 6.45) is 0.441. The van der Waals surface area contributed by atoms with Gasteiger partial charge in [-0.25, -0.2) is 0 Å². The molecule has 0 aliphatic heterocycles. The molecule has 1 aromatic carbocycles. The van der Waals surface area contributed by atoms with E-state index in [0.717, 1.165) is 16.3 Å². The smallest absolute Gasteiger partial charge is 0.306 e. The van der Waals surface area contributed by atoms with Gasteiger partial charge in [0.2, 0.25) is 0 Å². The van der Waals surface area contributed by atoms with Crippen LogP contribution in [0.1, 0.15) is 12.5 Å². The van der Waals surface area contributed by atoms with E-state index in [4.69, 9.17) is 5.11 Å². The van der Waals surface area contributed by atoms with Crippen LogP contribution in [0.15, 0.2) is 6.07 Å². The molecule has 0 spiro atoms. The summed E-state index contributed by atoms with van der Waals surface area (Å²) in [5.74, 6) is -1.01. The number of halogens is 3. The summed E-state index contributed by atoms with van der Waals surface area (Å²) in [7, 11) is 0. The number of aliphatic carboxylic acids is 1. The van der Waals surface area contributed by atoms with Gasteiger partial charge >= 0.3 is 5.97 Å². The molecule has 1 rings (SSSR count). The zero-order chi connectivity index (χ0) is 12.5. The van der Waals surface area contributed by atoms with Crippen LogP contribution in [0.4, 0.5) is 0 Å². The predicted molar refractivity (Wildman–Crippen MR) is 86.8 cm³/mol. The first-order valence-corrected chi connectivity index (χ1v) is 7.66. The number of carbonyl (C=O) groups is 1. The molecule has 0 saturated heterocycles. The summed E-state index contributed by atoms with van der Waals surface area (Å²) in [6.45, 7) is 1.67. The fourth-order valence-corrected chi connectivity index (χ4v) is 5.01. The molecule has 2 N–H and O–H groups in total. The predicted octanol–water partition coefficient (Wildman–Crippen LogP) is 3.47. The second kappa shape index (κ2) is 6.03. The minimum Gasteiger partial charge on any atom is -0.506 e. The second-order valence-electron chi connectivity index (χ2n) is 3.42. The molecule has 1 unspecified atom stereocenters. The van der Waals surface area contributed by atoms with Crippen molar-refractivity contribution in [2.75, 3.05) is 0 Å². The molecule has 1 aromatic rings. The number of hydrogen-bond acceptors (Lipinski definition) is 2. The first kappa shape index (κ1) is 14.7. The summed E-state index contributed by atoms with van der Waals surface area (Å²) in [4.78, 5) is 10.8. The van der Waals surface area contributed by atoms with E-state index in [2.05, 4.69) is 67.8 Å². The minimum atomic E-state index is -0.815. The van der Waals surface area contributed by atoms with E-state index >= 15 is 0 Å². The topological polar surface area (TPSA) is 57.5 Å². The zero-order valence-electron chi connectivity index (χ0n) is 8.30. The Morgan fingerprint density at radius 2 is 1.94 bits per heavy atom. The van der Waals surface area contributed by atoms with Crippen molar-refractivity contribution in [3.8, 4) is 5.75 Å². The normalized spacial score (nSPS) is 12.5. The first-order valence-electron chi connectivity index (χ1n) is 4.42. The van der Waals surface area contributed by atoms with Crippen molar-refractivity contribution in [2.24, 2.45) is 5.92 Å². The van der Waals surface area contributed by atoms with Crippen molar-refractivity contribution < 1.29 is 15.0 Å². The monoisotopic (exact) mass is 558 g/mol. The highest BCUT2D eigenvalue weighted by molar-refractivity contribution is 14.1. The molecule has 0 fully saturated rings. The lowest BCUT2D eigenvalue weighted by Gasteiger charge is -2.13. The third-order valence-electron chi connectivity index (χ3n) is 2.17. The van der Waals surface area contributed by atoms with Gasteiger partial charge in [-0.05, 0) is 85.8 Å². The molecule has 0 heterocycles. The van der Waals surface area contributed by atoms with Gasteiger partial charge in [-0.3, -0.25) is 4.79 Å². The molecule has 0 saturated carbocycles. The maximum absolute atomic E-state index is 10.8. The van der Waals surface area contributed by atoms with E-state index in [-0.39, 0.29) is 5.75 Å². The molecule has 6 heteroatoms. The quantitative estimate of drug-likeness (QED) is 0.560. The molecule has 0 radical (unpaired) electrons. The molecule has 0 aromatic heterocycles. The SMILES string of the molecule is CC(Cc1c(I)cc(I)c(O)c1I)C(=O)O. The zero-order valence-corrected chi connectivity index (χ0v) is 14.8. The number of aromatic hydroxyl groups is 1. The fourth-order valence-electron chi connectivity index (χ4n) is 1.20. The van der Waals surface area contributed by atoms with Crippen molar-refractivity contribution in [1.29, 1.82) is 0 Å². The van der Waals surface area contributed by atoms with Crippen molar-refractivity contribution in [1.82, 2.24) is 0 Å². The summed E-state index contributed by atoms with van der Waals surface area (Å²) >= 11 is 6.30. The molecule has 1 atom stereocenters. The summed E-state index contributed by atoms with van der Waals surface area (Å²) in [6, 6.07) is 1.86. The van der Waals surface area contributed by atoms with Gasteiger partial charge < -0.3 is 10.2 Å². The van der Waals surface area contributed by atoms with Crippen LogP contribution >= 0.6 is 67.8 Å². The fraction of sp³-hybridized carbons (Fsp3) is 0.300. The first-order chi connectivity index (χ1) is 7.34. The Bertz CT molecular complexity index is 432. The number of hydrogen-bond donors (Lipinski definition) is 2. The lowest BCUT2D eigenvalue weighted by molar-refractivity contribution is -0.141. The maximum Gasteiger partial charge on any atom is 0.306 e. The molecule has 88 valence electrons. The van der Waals surface area contributed by atoms with E-state index in [1.165, 1.54) is 0 Å². The largest absolute Gasteiger partial charge is 0.506 e. The number of carboxylic acid groups (broad SMARTS) is 1. The molecule has 0 aliphatic rings. The highest BCUT2D eigenvalue weighted by atomic mass is 127. The number of benzene rings is 1. The van der Waals surface area contributed by atoms with Gasteiger partial charge in [0.1, 0.15) is 5.75 Å². The Morgan fingerprint density at radius 3 is 2.44 bits per heavy atom. The van der Waals surface area contributed by atoms with Crippen molar-refractivity contribution in [2.45, 2.75) is 13.3 Å². The molecule has 0 aliphatic carbocycles. The van der Waals surface area contributed by atoms with Crippen LogP contribution in [-0.2, 0) is 11.2 Å².